The monoisotopic (exact) mass is 536 g/mol. The molecule has 0 radical (unpaired) electrons. The largest absolute Gasteiger partial charge is 0.474 e. The molecular weight excluding hydrogens is 511 g/mol. The smallest absolute Gasteiger partial charge is 0.417 e. The molecule has 1 aromatic carbocycles. The Morgan fingerprint density at radius 2 is 1.63 bits per heavy atom. The van der Waals surface area contributed by atoms with Crippen LogP contribution in [0.4, 0.5) is 27.8 Å². The van der Waals surface area contributed by atoms with Gasteiger partial charge in [0.05, 0.1) is 31.0 Å². The molecular formula is C26H25F5N4O3. The molecule has 7 nitrogen and oxygen atoms in total. The number of hydrogen-bond acceptors (Lipinski definition) is 6. The molecule has 0 N–H and O–H groups in total. The lowest BCUT2D eigenvalue weighted by atomic mass is 9.99. The Bertz CT molecular complexity index is 1260. The second-order valence-electron chi connectivity index (χ2n) is 9.79. The van der Waals surface area contributed by atoms with Crippen LogP contribution in [-0.2, 0) is 22.2 Å². The van der Waals surface area contributed by atoms with Crippen molar-refractivity contribution < 1.29 is 36.2 Å². The van der Waals surface area contributed by atoms with Crippen molar-refractivity contribution in [3.8, 4) is 17.1 Å². The minimum atomic E-state index is -4.43. The normalized spacial score (nSPS) is 23.8. The van der Waals surface area contributed by atoms with Crippen LogP contribution >= 0.6 is 0 Å². The SMILES string of the molecule is Fc1cc(F)cc(-c2cc(O[C@H]3C[C@H]4CC[C@@H](C3)N4c3ccc(C(F)(F)F)cn3)n(CC3OCCO3)n2)c1. The second-order valence-corrected chi connectivity index (χ2v) is 9.79. The summed E-state index contributed by atoms with van der Waals surface area (Å²) < 4.78 is 85.7. The summed E-state index contributed by atoms with van der Waals surface area (Å²) in [5.74, 6) is -0.463. The maximum Gasteiger partial charge on any atom is 0.417 e. The topological polar surface area (TPSA) is 61.6 Å². The molecule has 0 saturated carbocycles. The van der Waals surface area contributed by atoms with Crippen LogP contribution in [-0.4, -0.2) is 52.5 Å². The molecule has 2 aromatic heterocycles. The number of halogens is 5. The molecule has 5 heterocycles. The third-order valence-corrected chi connectivity index (χ3v) is 7.23. The Hall–Kier alpha value is -3.25. The van der Waals surface area contributed by atoms with E-state index in [2.05, 4.69) is 15.0 Å². The minimum Gasteiger partial charge on any atom is -0.474 e. The Morgan fingerprint density at radius 3 is 2.24 bits per heavy atom. The lowest BCUT2D eigenvalue weighted by molar-refractivity contribution is -0.137. The van der Waals surface area contributed by atoms with Crippen LogP contribution in [0.15, 0.2) is 42.6 Å². The highest BCUT2D eigenvalue weighted by molar-refractivity contribution is 5.60. The molecule has 2 bridgehead atoms. The Morgan fingerprint density at radius 1 is 0.947 bits per heavy atom. The van der Waals surface area contributed by atoms with Crippen LogP contribution in [0.1, 0.15) is 31.2 Å². The fraction of sp³-hybridized carbons (Fsp3) is 0.462. The molecule has 3 fully saturated rings. The van der Waals surface area contributed by atoms with Gasteiger partial charge in [0, 0.05) is 48.8 Å². The van der Waals surface area contributed by atoms with Crippen LogP contribution < -0.4 is 9.64 Å². The number of nitrogens with zero attached hydrogens (tertiary/aromatic N) is 4. The van der Waals surface area contributed by atoms with Crippen molar-refractivity contribution in [1.82, 2.24) is 14.8 Å². The molecule has 3 aliphatic heterocycles. The number of rotatable bonds is 6. The van der Waals surface area contributed by atoms with Crippen molar-refractivity contribution >= 4 is 5.82 Å². The standard InChI is InChI=1S/C26H25F5N4O3/c27-17-7-15(8-18(28)9-17)22-12-24(34(33-22)14-25-36-5-6-37-25)38-21-10-19-2-3-20(11-21)35(19)23-4-1-16(13-32-23)26(29,30)31/h1,4,7-9,12-13,19-21,25H,2-3,5-6,10-11,14H2/t19-,20+,21+. The van der Waals surface area contributed by atoms with Gasteiger partial charge in [0.1, 0.15) is 23.6 Å². The van der Waals surface area contributed by atoms with Gasteiger partial charge in [-0.1, -0.05) is 0 Å². The van der Waals surface area contributed by atoms with Crippen molar-refractivity contribution in [3.05, 3.63) is 59.8 Å². The first-order valence-electron chi connectivity index (χ1n) is 12.5. The van der Waals surface area contributed by atoms with E-state index >= 15 is 0 Å². The summed E-state index contributed by atoms with van der Waals surface area (Å²) in [4.78, 5) is 6.20. The fourth-order valence-corrected chi connectivity index (χ4v) is 5.60. The van der Waals surface area contributed by atoms with Gasteiger partial charge in [0.25, 0.3) is 0 Å². The third kappa shape index (κ3) is 5.06. The number of piperidine rings is 1. The van der Waals surface area contributed by atoms with E-state index < -0.39 is 29.7 Å². The van der Waals surface area contributed by atoms with Gasteiger partial charge >= 0.3 is 6.18 Å². The molecule has 6 rings (SSSR count). The lowest BCUT2D eigenvalue weighted by Crippen LogP contribution is -2.47. The molecule has 202 valence electrons. The van der Waals surface area contributed by atoms with E-state index in [9.17, 15) is 22.0 Å². The number of aromatic nitrogens is 3. The van der Waals surface area contributed by atoms with Crippen molar-refractivity contribution in [1.29, 1.82) is 0 Å². The highest BCUT2D eigenvalue weighted by Gasteiger charge is 2.43. The van der Waals surface area contributed by atoms with Crippen LogP contribution in [0, 0.1) is 11.6 Å². The molecule has 0 aliphatic carbocycles. The first kappa shape index (κ1) is 25.1. The van der Waals surface area contributed by atoms with E-state index in [-0.39, 0.29) is 30.3 Å². The van der Waals surface area contributed by atoms with Crippen LogP contribution in [0.5, 0.6) is 5.88 Å². The van der Waals surface area contributed by atoms with E-state index in [1.54, 1.807) is 10.7 Å². The van der Waals surface area contributed by atoms with E-state index in [1.165, 1.54) is 18.2 Å². The maximum atomic E-state index is 13.9. The van der Waals surface area contributed by atoms with E-state index in [0.29, 0.717) is 43.4 Å². The summed E-state index contributed by atoms with van der Waals surface area (Å²) in [5, 5.41) is 4.52. The molecule has 12 heteroatoms. The summed E-state index contributed by atoms with van der Waals surface area (Å²) in [6.07, 6.45) is -1.21. The highest BCUT2D eigenvalue weighted by Crippen LogP contribution is 2.41. The number of alkyl halides is 3. The molecule has 38 heavy (non-hydrogen) atoms. The van der Waals surface area contributed by atoms with Crippen LogP contribution in [0.25, 0.3) is 11.3 Å². The molecule has 3 saturated heterocycles. The van der Waals surface area contributed by atoms with Crippen molar-refractivity contribution in [3.63, 3.8) is 0 Å². The van der Waals surface area contributed by atoms with Gasteiger partial charge in [-0.15, -0.1) is 0 Å². The predicted molar refractivity (Wildman–Crippen MR) is 125 cm³/mol. The van der Waals surface area contributed by atoms with Crippen molar-refractivity contribution in [2.24, 2.45) is 0 Å². The number of hydrogen-bond donors (Lipinski definition) is 0. The van der Waals surface area contributed by atoms with Gasteiger partial charge in [-0.3, -0.25) is 0 Å². The van der Waals surface area contributed by atoms with Crippen molar-refractivity contribution in [2.75, 3.05) is 18.1 Å². The molecule has 0 spiro atoms. The Balaban J connectivity index is 1.21. The van der Waals surface area contributed by atoms with Gasteiger partial charge in [0.15, 0.2) is 6.29 Å². The van der Waals surface area contributed by atoms with E-state index in [4.69, 9.17) is 14.2 Å². The summed E-state index contributed by atoms with van der Waals surface area (Å²) in [6.45, 7) is 1.17. The maximum absolute atomic E-state index is 13.9. The molecule has 3 aliphatic rings. The fourth-order valence-electron chi connectivity index (χ4n) is 5.60. The first-order valence-corrected chi connectivity index (χ1v) is 12.5. The zero-order valence-corrected chi connectivity index (χ0v) is 20.2. The lowest BCUT2D eigenvalue weighted by Gasteiger charge is -2.39. The Kier molecular flexibility index (Phi) is 6.47. The number of pyridine rings is 1. The average molecular weight is 537 g/mol. The predicted octanol–water partition coefficient (Wildman–Crippen LogP) is 5.19. The van der Waals surface area contributed by atoms with E-state index in [0.717, 1.165) is 31.2 Å². The first-order chi connectivity index (χ1) is 18.2. The van der Waals surface area contributed by atoms with E-state index in [1.807, 2.05) is 0 Å². The zero-order valence-electron chi connectivity index (χ0n) is 20.2. The Labute approximate surface area is 215 Å². The van der Waals surface area contributed by atoms with Gasteiger partial charge in [-0.2, -0.15) is 18.3 Å². The average Bonchev–Trinajstić information content (AvgIpc) is 3.58. The molecule has 3 atom stereocenters. The molecule has 3 aromatic rings. The summed E-state index contributed by atoms with van der Waals surface area (Å²) >= 11 is 0. The number of anilines is 1. The number of fused-ring (bicyclic) bond motifs is 2. The van der Waals surface area contributed by atoms with Crippen LogP contribution in [0.3, 0.4) is 0 Å². The summed E-state index contributed by atoms with van der Waals surface area (Å²) in [7, 11) is 0. The quantitative estimate of drug-likeness (QED) is 0.404. The van der Waals surface area contributed by atoms with Crippen LogP contribution in [0.2, 0.25) is 0 Å². The number of benzene rings is 1. The molecule has 0 amide bonds. The van der Waals surface area contributed by atoms with Gasteiger partial charge in [-0.25, -0.2) is 18.4 Å². The minimum absolute atomic E-state index is 0.0673. The second kappa shape index (κ2) is 9.81. The van der Waals surface area contributed by atoms with Gasteiger partial charge in [0.2, 0.25) is 5.88 Å². The van der Waals surface area contributed by atoms with Crippen molar-refractivity contribution in [2.45, 2.75) is 62.9 Å². The summed E-state index contributed by atoms with van der Waals surface area (Å²) in [5.41, 5.74) is -0.141. The number of ether oxygens (including phenoxy) is 3. The van der Waals surface area contributed by atoms with Gasteiger partial charge < -0.3 is 19.1 Å². The highest BCUT2D eigenvalue weighted by atomic mass is 19.4. The third-order valence-electron chi connectivity index (χ3n) is 7.23. The molecule has 0 unspecified atom stereocenters. The summed E-state index contributed by atoms with van der Waals surface area (Å²) in [6, 6.07) is 7.48. The van der Waals surface area contributed by atoms with Gasteiger partial charge in [-0.05, 0) is 37.1 Å². The zero-order chi connectivity index (χ0) is 26.4.